The third-order valence-electron chi connectivity index (χ3n) is 4.99. The van der Waals surface area contributed by atoms with E-state index in [0.717, 1.165) is 16.7 Å². The summed E-state index contributed by atoms with van der Waals surface area (Å²) in [5.74, 6) is -0.518. The lowest BCUT2D eigenvalue weighted by molar-refractivity contribution is -0.159. The van der Waals surface area contributed by atoms with Gasteiger partial charge >= 0.3 is 5.97 Å². The molecule has 0 aliphatic rings. The van der Waals surface area contributed by atoms with Gasteiger partial charge in [0.25, 0.3) is 0 Å². The van der Waals surface area contributed by atoms with Crippen LogP contribution in [0.2, 0.25) is 0 Å². The number of esters is 1. The monoisotopic (exact) mass is 401 g/mol. The lowest BCUT2D eigenvalue weighted by Crippen LogP contribution is -2.41. The van der Waals surface area contributed by atoms with Gasteiger partial charge in [-0.15, -0.1) is 0 Å². The molecule has 0 aromatic heterocycles. The number of hydrogen-bond donors (Lipinski definition) is 1. The van der Waals surface area contributed by atoms with Gasteiger partial charge in [0, 0.05) is 18.2 Å². The zero-order valence-electron chi connectivity index (χ0n) is 17.8. The molecule has 5 heteroatoms. The molecule has 4 nitrogen and oxygen atoms in total. The number of aryl methyl sites for hydroxylation is 1. The van der Waals surface area contributed by atoms with Crippen molar-refractivity contribution in [3.05, 3.63) is 59.4 Å². The summed E-state index contributed by atoms with van der Waals surface area (Å²) >= 11 is 0. The summed E-state index contributed by atoms with van der Waals surface area (Å²) in [4.78, 5) is 12.4. The SMILES string of the molecule is CCOC[C@](C)(C[C@H](N)Cc1ccc(-c2cc(C)ccc2F)cc1)C(=O)OCC. The zero-order valence-corrected chi connectivity index (χ0v) is 17.8. The number of ether oxygens (including phenoxy) is 2. The maximum Gasteiger partial charge on any atom is 0.314 e. The van der Waals surface area contributed by atoms with Crippen LogP contribution >= 0.6 is 0 Å². The van der Waals surface area contributed by atoms with Crippen LogP contribution in [-0.2, 0) is 20.7 Å². The minimum Gasteiger partial charge on any atom is -0.466 e. The highest BCUT2D eigenvalue weighted by molar-refractivity contribution is 5.76. The van der Waals surface area contributed by atoms with E-state index >= 15 is 0 Å². The van der Waals surface area contributed by atoms with Crippen LogP contribution in [0.5, 0.6) is 0 Å². The summed E-state index contributed by atoms with van der Waals surface area (Å²) < 4.78 is 24.9. The summed E-state index contributed by atoms with van der Waals surface area (Å²) in [6.45, 7) is 8.60. The molecule has 0 unspecified atom stereocenters. The molecule has 0 fully saturated rings. The van der Waals surface area contributed by atoms with Crippen LogP contribution in [0, 0.1) is 18.2 Å². The van der Waals surface area contributed by atoms with Crippen molar-refractivity contribution < 1.29 is 18.7 Å². The van der Waals surface area contributed by atoms with Crippen molar-refractivity contribution in [2.45, 2.75) is 46.6 Å². The third kappa shape index (κ3) is 6.38. The van der Waals surface area contributed by atoms with Crippen LogP contribution in [0.15, 0.2) is 42.5 Å². The Morgan fingerprint density at radius 3 is 2.45 bits per heavy atom. The number of rotatable bonds is 10. The Bertz CT molecular complexity index is 806. The van der Waals surface area contributed by atoms with E-state index in [1.54, 1.807) is 13.0 Å². The van der Waals surface area contributed by atoms with E-state index in [9.17, 15) is 9.18 Å². The van der Waals surface area contributed by atoms with E-state index in [-0.39, 0.29) is 24.4 Å². The first-order valence-corrected chi connectivity index (χ1v) is 10.1. The molecule has 158 valence electrons. The van der Waals surface area contributed by atoms with Crippen molar-refractivity contribution in [3.8, 4) is 11.1 Å². The molecular weight excluding hydrogens is 369 g/mol. The van der Waals surface area contributed by atoms with Crippen molar-refractivity contribution >= 4 is 5.97 Å². The molecule has 2 rings (SSSR count). The summed E-state index contributed by atoms with van der Waals surface area (Å²) in [7, 11) is 0. The first-order chi connectivity index (χ1) is 13.8. The highest BCUT2D eigenvalue weighted by Crippen LogP contribution is 2.28. The number of benzene rings is 2. The van der Waals surface area contributed by atoms with E-state index in [1.807, 2.05) is 51.1 Å². The number of carbonyl (C=O) groups is 1. The standard InChI is InChI=1S/C24H32FNO3/c1-5-28-16-24(4,23(27)29-6-2)15-20(26)14-18-8-10-19(11-9-18)21-13-17(3)7-12-22(21)25/h7-13,20H,5-6,14-16,26H2,1-4H3/t20-,24+/m1/s1. The van der Waals surface area contributed by atoms with Gasteiger partial charge in [0.05, 0.1) is 18.6 Å². The number of hydrogen-bond acceptors (Lipinski definition) is 4. The highest BCUT2D eigenvalue weighted by Gasteiger charge is 2.36. The predicted octanol–water partition coefficient (Wildman–Crippen LogP) is 4.67. The average molecular weight is 402 g/mol. The minimum absolute atomic E-state index is 0.230. The lowest BCUT2D eigenvalue weighted by atomic mass is 9.82. The molecule has 2 atom stereocenters. The second kappa shape index (κ2) is 10.5. The van der Waals surface area contributed by atoms with Crippen molar-refractivity contribution in [1.82, 2.24) is 0 Å². The Morgan fingerprint density at radius 2 is 1.83 bits per heavy atom. The molecule has 0 radical (unpaired) electrons. The highest BCUT2D eigenvalue weighted by atomic mass is 19.1. The Hall–Kier alpha value is -2.24. The molecule has 0 amide bonds. The Morgan fingerprint density at radius 1 is 1.14 bits per heavy atom. The molecule has 0 bridgehead atoms. The Kier molecular flexibility index (Phi) is 8.35. The molecule has 0 spiro atoms. The first-order valence-electron chi connectivity index (χ1n) is 10.1. The van der Waals surface area contributed by atoms with Gasteiger partial charge < -0.3 is 15.2 Å². The molecule has 2 N–H and O–H groups in total. The molecule has 0 aliphatic heterocycles. The van der Waals surface area contributed by atoms with E-state index < -0.39 is 5.41 Å². The van der Waals surface area contributed by atoms with Gasteiger partial charge in [-0.25, -0.2) is 4.39 Å². The summed E-state index contributed by atoms with van der Waals surface area (Å²) in [5, 5.41) is 0. The van der Waals surface area contributed by atoms with Crippen LogP contribution in [0.1, 0.15) is 38.3 Å². The second-order valence-corrected chi connectivity index (χ2v) is 7.77. The Labute approximate surface area is 173 Å². The smallest absolute Gasteiger partial charge is 0.314 e. The number of nitrogens with two attached hydrogens (primary N) is 1. The zero-order chi connectivity index (χ0) is 21.4. The van der Waals surface area contributed by atoms with Gasteiger partial charge in [0.2, 0.25) is 0 Å². The molecule has 29 heavy (non-hydrogen) atoms. The quantitative estimate of drug-likeness (QED) is 0.588. The van der Waals surface area contributed by atoms with Gasteiger partial charge in [-0.1, -0.05) is 35.9 Å². The van der Waals surface area contributed by atoms with Crippen molar-refractivity contribution in [3.63, 3.8) is 0 Å². The van der Waals surface area contributed by atoms with Crippen molar-refractivity contribution in [1.29, 1.82) is 0 Å². The van der Waals surface area contributed by atoms with Crippen molar-refractivity contribution in [2.75, 3.05) is 19.8 Å². The molecular formula is C24H32FNO3. The summed E-state index contributed by atoms with van der Waals surface area (Å²) in [6, 6.07) is 12.6. The van der Waals surface area contributed by atoms with E-state index in [1.165, 1.54) is 6.07 Å². The largest absolute Gasteiger partial charge is 0.466 e. The summed E-state index contributed by atoms with van der Waals surface area (Å²) in [5.41, 5.74) is 9.06. The molecule has 2 aromatic carbocycles. The van der Waals surface area contributed by atoms with Gasteiger partial charge in [0.15, 0.2) is 0 Å². The Balaban J connectivity index is 2.08. The van der Waals surface area contributed by atoms with Crippen LogP contribution in [0.4, 0.5) is 4.39 Å². The average Bonchev–Trinajstić information content (AvgIpc) is 2.69. The van der Waals surface area contributed by atoms with Crippen LogP contribution in [-0.4, -0.2) is 31.8 Å². The van der Waals surface area contributed by atoms with Crippen LogP contribution in [0.3, 0.4) is 0 Å². The van der Waals surface area contributed by atoms with Crippen LogP contribution < -0.4 is 5.73 Å². The third-order valence-corrected chi connectivity index (χ3v) is 4.99. The molecule has 2 aromatic rings. The molecule has 0 saturated carbocycles. The van der Waals surface area contributed by atoms with Crippen LogP contribution in [0.25, 0.3) is 11.1 Å². The molecule has 0 aliphatic carbocycles. The lowest BCUT2D eigenvalue weighted by Gasteiger charge is -2.29. The number of halogens is 1. The fourth-order valence-electron chi connectivity index (χ4n) is 3.47. The van der Waals surface area contributed by atoms with Gasteiger partial charge in [-0.2, -0.15) is 0 Å². The maximum absolute atomic E-state index is 14.1. The molecule has 0 saturated heterocycles. The topological polar surface area (TPSA) is 61.5 Å². The predicted molar refractivity (Wildman–Crippen MR) is 114 cm³/mol. The van der Waals surface area contributed by atoms with Crippen molar-refractivity contribution in [2.24, 2.45) is 11.1 Å². The van der Waals surface area contributed by atoms with Gasteiger partial charge in [0.1, 0.15) is 5.82 Å². The first kappa shape index (κ1) is 23.0. The fraction of sp³-hybridized carbons (Fsp3) is 0.458. The van der Waals surface area contributed by atoms with E-state index in [2.05, 4.69) is 0 Å². The fourth-order valence-corrected chi connectivity index (χ4v) is 3.47. The number of carbonyl (C=O) groups excluding carboxylic acids is 1. The molecule has 0 heterocycles. The summed E-state index contributed by atoms with van der Waals surface area (Å²) in [6.07, 6.45) is 1.07. The maximum atomic E-state index is 14.1. The van der Waals surface area contributed by atoms with Gasteiger partial charge in [-0.3, -0.25) is 4.79 Å². The second-order valence-electron chi connectivity index (χ2n) is 7.77. The normalized spacial score (nSPS) is 14.3. The van der Waals surface area contributed by atoms with E-state index in [4.69, 9.17) is 15.2 Å². The van der Waals surface area contributed by atoms with E-state index in [0.29, 0.717) is 31.6 Å². The minimum atomic E-state index is -0.782. The van der Waals surface area contributed by atoms with Gasteiger partial charge in [-0.05, 0) is 63.8 Å².